The second-order valence-corrected chi connectivity index (χ2v) is 4.62. The Balaban J connectivity index is 2.64. The molecule has 3 heteroatoms. The highest BCUT2D eigenvalue weighted by Gasteiger charge is 2.08. The molecule has 1 aromatic rings. The summed E-state index contributed by atoms with van der Waals surface area (Å²) in [7, 11) is 0. The molecule has 1 N–H and O–H groups in total. The van der Waals surface area contributed by atoms with Crippen molar-refractivity contribution in [2.75, 3.05) is 6.54 Å². The number of nitrogens with one attached hydrogen (secondary N) is 1. The van der Waals surface area contributed by atoms with Crippen molar-refractivity contribution in [1.29, 1.82) is 0 Å². The Labute approximate surface area is 106 Å². The van der Waals surface area contributed by atoms with E-state index in [1.54, 1.807) is 0 Å². The summed E-state index contributed by atoms with van der Waals surface area (Å²) in [6.07, 6.45) is 8.02. The number of hydrogen-bond donors (Lipinski definition) is 1. The van der Waals surface area contributed by atoms with Gasteiger partial charge in [0.15, 0.2) is 0 Å². The quantitative estimate of drug-likeness (QED) is 0.669. The molecule has 0 radical (unpaired) electrons. The molecule has 1 rings (SSSR count). The van der Waals surface area contributed by atoms with Crippen LogP contribution in [0.1, 0.15) is 57.7 Å². The first-order valence-electron chi connectivity index (χ1n) is 7.07. The van der Waals surface area contributed by atoms with E-state index >= 15 is 0 Å². The van der Waals surface area contributed by atoms with Crippen LogP contribution >= 0.6 is 0 Å². The second-order valence-electron chi connectivity index (χ2n) is 4.62. The van der Waals surface area contributed by atoms with E-state index in [-0.39, 0.29) is 0 Å². The van der Waals surface area contributed by atoms with Crippen molar-refractivity contribution in [2.24, 2.45) is 0 Å². The summed E-state index contributed by atoms with van der Waals surface area (Å²) in [5.74, 6) is 0. The lowest BCUT2D eigenvalue weighted by Gasteiger charge is -2.09. The molecule has 17 heavy (non-hydrogen) atoms. The SMILES string of the molecule is CCCCn1ncc(CNCCC)c1CCC. The molecular formula is C14H27N3. The first-order valence-corrected chi connectivity index (χ1v) is 7.07. The average molecular weight is 237 g/mol. The summed E-state index contributed by atoms with van der Waals surface area (Å²) < 4.78 is 2.20. The van der Waals surface area contributed by atoms with Gasteiger partial charge < -0.3 is 5.32 Å². The predicted octanol–water partition coefficient (Wildman–Crippen LogP) is 3.14. The lowest BCUT2D eigenvalue weighted by Crippen LogP contribution is -2.15. The van der Waals surface area contributed by atoms with E-state index in [0.29, 0.717) is 0 Å². The largest absolute Gasteiger partial charge is 0.313 e. The first-order chi connectivity index (χ1) is 8.33. The van der Waals surface area contributed by atoms with Crippen molar-refractivity contribution >= 4 is 0 Å². The summed E-state index contributed by atoms with van der Waals surface area (Å²) >= 11 is 0. The van der Waals surface area contributed by atoms with Crippen molar-refractivity contribution in [3.63, 3.8) is 0 Å². The van der Waals surface area contributed by atoms with Crippen LogP contribution in [0.5, 0.6) is 0 Å². The smallest absolute Gasteiger partial charge is 0.0537 e. The molecule has 0 aliphatic heterocycles. The number of aryl methyl sites for hydroxylation is 1. The highest BCUT2D eigenvalue weighted by molar-refractivity contribution is 5.18. The zero-order chi connectivity index (χ0) is 12.5. The number of aromatic nitrogens is 2. The maximum absolute atomic E-state index is 4.53. The molecule has 1 heterocycles. The lowest BCUT2D eigenvalue weighted by atomic mass is 10.1. The summed E-state index contributed by atoms with van der Waals surface area (Å²) in [4.78, 5) is 0. The van der Waals surface area contributed by atoms with Gasteiger partial charge in [0, 0.05) is 24.3 Å². The van der Waals surface area contributed by atoms with Crippen molar-refractivity contribution in [3.05, 3.63) is 17.5 Å². The summed E-state index contributed by atoms with van der Waals surface area (Å²) in [5.41, 5.74) is 2.82. The molecule has 0 saturated heterocycles. The zero-order valence-corrected chi connectivity index (χ0v) is 11.6. The van der Waals surface area contributed by atoms with Crippen LogP contribution in [0.2, 0.25) is 0 Å². The normalized spacial score (nSPS) is 11.0. The molecule has 3 nitrogen and oxygen atoms in total. The topological polar surface area (TPSA) is 29.9 Å². The molecule has 0 unspecified atom stereocenters. The Hall–Kier alpha value is -0.830. The van der Waals surface area contributed by atoms with Gasteiger partial charge in [0.1, 0.15) is 0 Å². The monoisotopic (exact) mass is 237 g/mol. The summed E-state index contributed by atoms with van der Waals surface area (Å²) in [6, 6.07) is 0. The molecule has 0 saturated carbocycles. The van der Waals surface area contributed by atoms with E-state index in [4.69, 9.17) is 0 Å². The maximum Gasteiger partial charge on any atom is 0.0537 e. The summed E-state index contributed by atoms with van der Waals surface area (Å²) in [5, 5.41) is 7.99. The molecule has 0 atom stereocenters. The Kier molecular flexibility index (Phi) is 6.94. The van der Waals surface area contributed by atoms with Gasteiger partial charge in [0.2, 0.25) is 0 Å². The van der Waals surface area contributed by atoms with Crippen LogP contribution in [0.4, 0.5) is 0 Å². The van der Waals surface area contributed by atoms with Crippen LogP contribution in [-0.2, 0) is 19.5 Å². The minimum absolute atomic E-state index is 0.968. The Morgan fingerprint density at radius 2 is 2.00 bits per heavy atom. The van der Waals surface area contributed by atoms with Crippen molar-refractivity contribution in [3.8, 4) is 0 Å². The molecule has 0 aliphatic carbocycles. The molecule has 0 bridgehead atoms. The minimum atomic E-state index is 0.968. The number of unbranched alkanes of at least 4 members (excludes halogenated alkanes) is 1. The number of rotatable bonds is 9. The third-order valence-electron chi connectivity index (χ3n) is 2.99. The standard InChI is InChI=1S/C14H27N3/c1-4-7-10-17-14(8-5-2)13(12-16-17)11-15-9-6-3/h12,15H,4-11H2,1-3H3. The minimum Gasteiger partial charge on any atom is -0.313 e. The molecule has 0 aromatic carbocycles. The summed E-state index contributed by atoms with van der Waals surface area (Å²) in [6.45, 7) is 9.79. The lowest BCUT2D eigenvalue weighted by molar-refractivity contribution is 0.543. The molecule has 0 aliphatic rings. The van der Waals surface area contributed by atoms with Crippen molar-refractivity contribution in [2.45, 2.75) is 66.0 Å². The highest BCUT2D eigenvalue weighted by atomic mass is 15.3. The number of nitrogens with zero attached hydrogens (tertiary/aromatic N) is 2. The van der Waals surface area contributed by atoms with Gasteiger partial charge in [-0.2, -0.15) is 5.10 Å². The Bertz CT molecular complexity index is 304. The fourth-order valence-corrected chi connectivity index (χ4v) is 2.02. The van der Waals surface area contributed by atoms with Gasteiger partial charge in [-0.15, -0.1) is 0 Å². The molecule has 0 fully saturated rings. The second kappa shape index (κ2) is 8.29. The Morgan fingerprint density at radius 3 is 2.65 bits per heavy atom. The van der Waals surface area contributed by atoms with Gasteiger partial charge >= 0.3 is 0 Å². The van der Waals surface area contributed by atoms with Crippen LogP contribution in [0.25, 0.3) is 0 Å². The molecule has 1 aromatic heterocycles. The van der Waals surface area contributed by atoms with Gasteiger partial charge in [-0.3, -0.25) is 4.68 Å². The average Bonchev–Trinajstić information content (AvgIpc) is 2.71. The van der Waals surface area contributed by atoms with Crippen LogP contribution in [-0.4, -0.2) is 16.3 Å². The van der Waals surface area contributed by atoms with Crippen molar-refractivity contribution < 1.29 is 0 Å². The van der Waals surface area contributed by atoms with Crippen molar-refractivity contribution in [1.82, 2.24) is 15.1 Å². The maximum atomic E-state index is 4.53. The van der Waals surface area contributed by atoms with E-state index in [0.717, 1.165) is 26.1 Å². The van der Waals surface area contributed by atoms with Gasteiger partial charge in [-0.1, -0.05) is 33.6 Å². The van der Waals surface area contributed by atoms with Crippen LogP contribution in [0, 0.1) is 0 Å². The van der Waals surface area contributed by atoms with Crippen LogP contribution in [0.15, 0.2) is 6.20 Å². The molecule has 98 valence electrons. The predicted molar refractivity (Wildman–Crippen MR) is 73.1 cm³/mol. The first kappa shape index (κ1) is 14.2. The van der Waals surface area contributed by atoms with Crippen LogP contribution in [0.3, 0.4) is 0 Å². The van der Waals surface area contributed by atoms with Gasteiger partial charge in [0.25, 0.3) is 0 Å². The van der Waals surface area contributed by atoms with E-state index < -0.39 is 0 Å². The van der Waals surface area contributed by atoms with E-state index in [2.05, 4.69) is 35.9 Å². The molecule has 0 amide bonds. The number of hydrogen-bond acceptors (Lipinski definition) is 2. The van der Waals surface area contributed by atoms with E-state index in [9.17, 15) is 0 Å². The van der Waals surface area contributed by atoms with E-state index in [1.807, 2.05) is 6.20 Å². The van der Waals surface area contributed by atoms with Gasteiger partial charge in [-0.05, 0) is 25.8 Å². The molecular weight excluding hydrogens is 210 g/mol. The third-order valence-corrected chi connectivity index (χ3v) is 2.99. The van der Waals surface area contributed by atoms with E-state index in [1.165, 1.54) is 36.9 Å². The van der Waals surface area contributed by atoms with Crippen LogP contribution < -0.4 is 5.32 Å². The highest BCUT2D eigenvalue weighted by Crippen LogP contribution is 2.12. The fraction of sp³-hybridized carbons (Fsp3) is 0.786. The van der Waals surface area contributed by atoms with Gasteiger partial charge in [-0.25, -0.2) is 0 Å². The zero-order valence-electron chi connectivity index (χ0n) is 11.6. The van der Waals surface area contributed by atoms with Gasteiger partial charge in [0.05, 0.1) is 6.20 Å². The third kappa shape index (κ3) is 4.50. The fourth-order valence-electron chi connectivity index (χ4n) is 2.02. The Morgan fingerprint density at radius 1 is 1.18 bits per heavy atom. The molecule has 0 spiro atoms.